The Labute approximate surface area is 170 Å². The number of aromatic nitrogens is 7. The van der Waals surface area contributed by atoms with Gasteiger partial charge >= 0.3 is 0 Å². The van der Waals surface area contributed by atoms with Gasteiger partial charge in [0.2, 0.25) is 11.9 Å². The third-order valence-corrected chi connectivity index (χ3v) is 4.92. The zero-order valence-corrected chi connectivity index (χ0v) is 16.1. The van der Waals surface area contributed by atoms with Crippen LogP contribution in [0.2, 0.25) is 0 Å². The van der Waals surface area contributed by atoms with Gasteiger partial charge in [-0.2, -0.15) is 14.8 Å². The fourth-order valence-corrected chi connectivity index (χ4v) is 3.50. The van der Waals surface area contributed by atoms with Crippen molar-refractivity contribution in [2.24, 2.45) is 0 Å². The molecule has 4 heterocycles. The molecule has 0 radical (unpaired) electrons. The van der Waals surface area contributed by atoms with E-state index < -0.39 is 0 Å². The van der Waals surface area contributed by atoms with Crippen LogP contribution in [0.4, 0.5) is 10.3 Å². The molecule has 0 fully saturated rings. The van der Waals surface area contributed by atoms with Crippen LogP contribution in [0.25, 0.3) is 39.4 Å². The van der Waals surface area contributed by atoms with Crippen molar-refractivity contribution in [1.82, 2.24) is 34.3 Å². The minimum absolute atomic E-state index is 0.264. The van der Waals surface area contributed by atoms with Gasteiger partial charge in [0.25, 0.3) is 0 Å². The number of rotatable bonds is 4. The average Bonchev–Trinajstić information content (AvgIpc) is 3.37. The van der Waals surface area contributed by atoms with E-state index in [4.69, 9.17) is 5.73 Å². The molecule has 1 aromatic carbocycles. The molecule has 30 heavy (non-hydrogen) atoms. The summed E-state index contributed by atoms with van der Waals surface area (Å²) in [4.78, 5) is 17.6. The van der Waals surface area contributed by atoms with Crippen LogP contribution in [0.1, 0.15) is 6.92 Å². The molecule has 0 spiro atoms. The topological polar surface area (TPSA) is 100 Å². The average molecular weight is 400 g/mol. The van der Waals surface area contributed by atoms with Gasteiger partial charge in [0.15, 0.2) is 0 Å². The summed E-state index contributed by atoms with van der Waals surface area (Å²) in [7, 11) is 0. The van der Waals surface area contributed by atoms with Crippen LogP contribution in [0.3, 0.4) is 0 Å². The predicted octanol–water partition coefficient (Wildman–Crippen LogP) is 3.48. The van der Waals surface area contributed by atoms with Crippen LogP contribution in [0.5, 0.6) is 0 Å². The lowest BCUT2D eigenvalue weighted by Crippen LogP contribution is -2.10. The van der Waals surface area contributed by atoms with Gasteiger partial charge in [0.1, 0.15) is 17.7 Å². The number of aryl methyl sites for hydroxylation is 1. The summed E-state index contributed by atoms with van der Waals surface area (Å²) in [5.41, 5.74) is 11.0. The molecule has 0 aliphatic carbocycles. The summed E-state index contributed by atoms with van der Waals surface area (Å²) in [6.45, 7) is 2.68. The number of pyridine rings is 2. The fourth-order valence-electron chi connectivity index (χ4n) is 3.50. The Balaban J connectivity index is 1.63. The quantitative estimate of drug-likeness (QED) is 0.496. The van der Waals surface area contributed by atoms with Crippen molar-refractivity contribution in [3.8, 4) is 28.3 Å². The molecule has 5 aromatic rings. The zero-order valence-electron chi connectivity index (χ0n) is 16.1. The van der Waals surface area contributed by atoms with E-state index in [1.54, 1.807) is 30.7 Å². The summed E-state index contributed by atoms with van der Waals surface area (Å²) in [6, 6.07) is 10.1. The lowest BCUT2D eigenvalue weighted by atomic mass is 10.1. The Morgan fingerprint density at radius 3 is 2.43 bits per heavy atom. The number of benzene rings is 1. The van der Waals surface area contributed by atoms with Crippen molar-refractivity contribution in [3.05, 3.63) is 67.1 Å². The highest BCUT2D eigenvalue weighted by molar-refractivity contribution is 5.92. The van der Waals surface area contributed by atoms with Gasteiger partial charge in [-0.15, -0.1) is 0 Å². The predicted molar refractivity (Wildman–Crippen MR) is 111 cm³/mol. The van der Waals surface area contributed by atoms with E-state index in [9.17, 15) is 4.39 Å². The smallest absolute Gasteiger partial charge is 0.235 e. The van der Waals surface area contributed by atoms with Gasteiger partial charge in [-0.25, -0.2) is 9.37 Å². The zero-order chi connectivity index (χ0) is 20.7. The molecular weight excluding hydrogens is 383 g/mol. The molecule has 0 aliphatic heterocycles. The van der Waals surface area contributed by atoms with Crippen molar-refractivity contribution >= 4 is 17.0 Å². The summed E-state index contributed by atoms with van der Waals surface area (Å²) < 4.78 is 16.7. The van der Waals surface area contributed by atoms with E-state index in [0.717, 1.165) is 33.4 Å². The van der Waals surface area contributed by atoms with Crippen LogP contribution in [0.15, 0.2) is 61.3 Å². The molecule has 0 unspecified atom stereocenters. The van der Waals surface area contributed by atoms with Crippen LogP contribution in [-0.4, -0.2) is 34.3 Å². The Bertz CT molecular complexity index is 1340. The lowest BCUT2D eigenvalue weighted by Gasteiger charge is -2.10. The molecule has 148 valence electrons. The number of halogens is 1. The van der Waals surface area contributed by atoms with Crippen molar-refractivity contribution in [2.75, 3.05) is 5.73 Å². The van der Waals surface area contributed by atoms with Crippen LogP contribution in [0, 0.1) is 5.82 Å². The van der Waals surface area contributed by atoms with Gasteiger partial charge < -0.3 is 10.3 Å². The number of hydrogen-bond acceptors (Lipinski definition) is 6. The molecule has 0 amide bonds. The van der Waals surface area contributed by atoms with Crippen LogP contribution >= 0.6 is 0 Å². The number of hydrogen-bond donors (Lipinski definition) is 1. The molecule has 0 aliphatic rings. The van der Waals surface area contributed by atoms with Crippen molar-refractivity contribution in [2.45, 2.75) is 13.5 Å². The largest absolute Gasteiger partial charge is 0.368 e. The SMILES string of the molecule is CCn1c(-n2ncnc2N)nc2cncc(-c3ccc(-c4ccc(F)cc4)nc3)c21. The van der Waals surface area contributed by atoms with Crippen LogP contribution in [-0.2, 0) is 6.54 Å². The minimum atomic E-state index is -0.273. The van der Waals surface area contributed by atoms with Crippen molar-refractivity contribution in [3.63, 3.8) is 0 Å². The molecule has 2 N–H and O–H groups in total. The molecule has 9 heteroatoms. The highest BCUT2D eigenvalue weighted by Crippen LogP contribution is 2.30. The first kappa shape index (κ1) is 17.9. The summed E-state index contributed by atoms with van der Waals surface area (Å²) in [5, 5.41) is 4.18. The number of nitrogens with two attached hydrogens (primary N) is 1. The second-order valence-corrected chi connectivity index (χ2v) is 6.68. The van der Waals surface area contributed by atoms with Crippen molar-refractivity contribution < 1.29 is 4.39 Å². The minimum Gasteiger partial charge on any atom is -0.368 e. The first-order chi connectivity index (χ1) is 14.7. The van der Waals surface area contributed by atoms with E-state index in [0.29, 0.717) is 12.5 Å². The second kappa shape index (κ2) is 7.03. The van der Waals surface area contributed by atoms with Crippen molar-refractivity contribution in [1.29, 1.82) is 0 Å². The second-order valence-electron chi connectivity index (χ2n) is 6.68. The number of nitrogen functional groups attached to an aromatic ring is 1. The Morgan fingerprint density at radius 2 is 1.77 bits per heavy atom. The maximum Gasteiger partial charge on any atom is 0.235 e. The van der Waals surface area contributed by atoms with Gasteiger partial charge in [-0.3, -0.25) is 9.97 Å². The number of imidazole rings is 1. The fraction of sp³-hybridized carbons (Fsp3) is 0.0952. The summed E-state index contributed by atoms with van der Waals surface area (Å²) in [6.07, 6.45) is 6.68. The molecule has 5 rings (SSSR count). The lowest BCUT2D eigenvalue weighted by molar-refractivity contribution is 0.628. The van der Waals surface area contributed by atoms with E-state index >= 15 is 0 Å². The number of fused-ring (bicyclic) bond motifs is 1. The molecule has 0 bridgehead atoms. The highest BCUT2D eigenvalue weighted by atomic mass is 19.1. The first-order valence-electron chi connectivity index (χ1n) is 9.38. The number of anilines is 1. The van der Waals surface area contributed by atoms with Gasteiger partial charge in [0, 0.05) is 35.6 Å². The molecule has 0 atom stereocenters. The molecule has 0 saturated carbocycles. The van der Waals surface area contributed by atoms with Gasteiger partial charge in [0.05, 0.1) is 17.4 Å². The first-order valence-corrected chi connectivity index (χ1v) is 9.38. The Morgan fingerprint density at radius 1 is 0.967 bits per heavy atom. The monoisotopic (exact) mass is 400 g/mol. The van der Waals surface area contributed by atoms with E-state index in [1.165, 1.54) is 23.1 Å². The maximum atomic E-state index is 13.2. The molecular formula is C21H17FN8. The summed E-state index contributed by atoms with van der Waals surface area (Å²) >= 11 is 0. The molecule has 4 aromatic heterocycles. The van der Waals surface area contributed by atoms with E-state index in [-0.39, 0.29) is 11.8 Å². The maximum absolute atomic E-state index is 13.2. The third-order valence-electron chi connectivity index (χ3n) is 4.92. The third kappa shape index (κ3) is 2.87. The standard InChI is InChI=1S/C21H17FN8/c1-2-29-19-16(10-24-11-18(19)28-21(29)30-20(23)26-12-27-30)14-5-8-17(25-9-14)13-3-6-15(22)7-4-13/h3-12H,2H2,1H3,(H2,23,26,27). The van der Waals surface area contributed by atoms with Gasteiger partial charge in [-0.1, -0.05) is 6.07 Å². The molecule has 0 saturated heterocycles. The van der Waals surface area contributed by atoms with E-state index in [1.807, 2.05) is 23.6 Å². The Hall–Kier alpha value is -4.14. The Kier molecular flexibility index (Phi) is 4.20. The van der Waals surface area contributed by atoms with Crippen LogP contribution < -0.4 is 5.73 Å². The normalized spacial score (nSPS) is 11.3. The van der Waals surface area contributed by atoms with Gasteiger partial charge in [-0.05, 0) is 37.3 Å². The highest BCUT2D eigenvalue weighted by Gasteiger charge is 2.18. The summed E-state index contributed by atoms with van der Waals surface area (Å²) in [5.74, 6) is 0.567. The molecule has 8 nitrogen and oxygen atoms in total. The van der Waals surface area contributed by atoms with E-state index in [2.05, 4.69) is 25.0 Å². The number of nitrogens with zero attached hydrogens (tertiary/aromatic N) is 7.